The van der Waals surface area contributed by atoms with Gasteiger partial charge in [-0.25, -0.2) is 0 Å². The first-order valence-corrected chi connectivity index (χ1v) is 5.62. The Morgan fingerprint density at radius 1 is 1.43 bits per heavy atom. The molecule has 0 aliphatic carbocycles. The fourth-order valence-corrected chi connectivity index (χ4v) is 2.23. The Kier molecular flexibility index (Phi) is 3.75. The number of nitrogens with zero attached hydrogens (tertiary/aromatic N) is 1. The van der Waals surface area contributed by atoms with Crippen LogP contribution < -0.4 is 11.1 Å². The van der Waals surface area contributed by atoms with Crippen molar-refractivity contribution in [2.45, 2.75) is 12.5 Å². The van der Waals surface area contributed by atoms with Crippen molar-refractivity contribution in [3.8, 4) is 0 Å². The highest BCUT2D eigenvalue weighted by Crippen LogP contribution is 2.16. The van der Waals surface area contributed by atoms with Gasteiger partial charge in [0, 0.05) is 51.3 Å². The van der Waals surface area contributed by atoms with Gasteiger partial charge in [-0.05, 0) is 6.42 Å². The Hall–Kier alpha value is -0.160. The van der Waals surface area contributed by atoms with E-state index in [0.717, 1.165) is 52.4 Å². The maximum atomic E-state index is 6.17. The van der Waals surface area contributed by atoms with Crippen LogP contribution in [0.25, 0.3) is 0 Å². The quantitative estimate of drug-likeness (QED) is 0.628. The van der Waals surface area contributed by atoms with Crippen molar-refractivity contribution in [2.75, 3.05) is 45.9 Å². The lowest BCUT2D eigenvalue weighted by atomic mass is 9.99. The summed E-state index contributed by atoms with van der Waals surface area (Å²) in [4.78, 5) is 2.46. The average Bonchev–Trinajstić information content (AvgIpc) is 2.72. The second kappa shape index (κ2) is 5.07. The highest BCUT2D eigenvalue weighted by Gasteiger charge is 2.24. The fourth-order valence-electron chi connectivity index (χ4n) is 2.23. The molecule has 2 aliphatic heterocycles. The topological polar surface area (TPSA) is 50.5 Å². The summed E-state index contributed by atoms with van der Waals surface area (Å²) < 4.78 is 5.36. The maximum Gasteiger partial charge on any atom is 0.0510 e. The average molecular weight is 199 g/mol. The van der Waals surface area contributed by atoms with Gasteiger partial charge in [0.25, 0.3) is 0 Å². The fraction of sp³-hybridized carbons (Fsp3) is 1.00. The summed E-state index contributed by atoms with van der Waals surface area (Å²) in [6.07, 6.45) is 1.15. The minimum absolute atomic E-state index is 0.301. The smallest absolute Gasteiger partial charge is 0.0510 e. The summed E-state index contributed by atoms with van der Waals surface area (Å²) in [7, 11) is 0. The van der Waals surface area contributed by atoms with E-state index in [2.05, 4.69) is 10.2 Å². The van der Waals surface area contributed by atoms with E-state index in [1.165, 1.54) is 0 Å². The van der Waals surface area contributed by atoms with Crippen molar-refractivity contribution >= 4 is 0 Å². The van der Waals surface area contributed by atoms with E-state index in [-0.39, 0.29) is 0 Å². The van der Waals surface area contributed by atoms with Gasteiger partial charge in [0.2, 0.25) is 0 Å². The third-order valence-electron chi connectivity index (χ3n) is 3.25. The van der Waals surface area contributed by atoms with Gasteiger partial charge in [-0.15, -0.1) is 0 Å². The molecule has 2 fully saturated rings. The minimum atomic E-state index is 0.301. The van der Waals surface area contributed by atoms with Crippen LogP contribution in [0.2, 0.25) is 0 Å². The Balaban J connectivity index is 1.72. The first kappa shape index (κ1) is 10.4. The zero-order chi connectivity index (χ0) is 9.80. The molecule has 3 N–H and O–H groups in total. The standard InChI is InChI=1S/C10H21N3O/c11-10(9-1-6-14-8-9)7-13-4-2-12-3-5-13/h9-10,12H,1-8,11H2. The van der Waals surface area contributed by atoms with E-state index >= 15 is 0 Å². The summed E-state index contributed by atoms with van der Waals surface area (Å²) in [6.45, 7) is 7.30. The third kappa shape index (κ3) is 2.67. The van der Waals surface area contributed by atoms with Crippen molar-refractivity contribution in [3.63, 3.8) is 0 Å². The highest BCUT2D eigenvalue weighted by atomic mass is 16.5. The molecular formula is C10H21N3O. The molecule has 4 nitrogen and oxygen atoms in total. The minimum Gasteiger partial charge on any atom is -0.381 e. The lowest BCUT2D eigenvalue weighted by Crippen LogP contribution is -2.49. The van der Waals surface area contributed by atoms with E-state index in [9.17, 15) is 0 Å². The molecule has 4 heteroatoms. The second-order valence-corrected chi connectivity index (χ2v) is 4.34. The molecule has 2 aliphatic rings. The van der Waals surface area contributed by atoms with Crippen LogP contribution in [0.1, 0.15) is 6.42 Å². The van der Waals surface area contributed by atoms with Gasteiger partial charge in [-0.1, -0.05) is 0 Å². The lowest BCUT2D eigenvalue weighted by molar-refractivity contribution is 0.165. The normalized spacial score (nSPS) is 31.9. The molecule has 14 heavy (non-hydrogen) atoms. The largest absolute Gasteiger partial charge is 0.381 e. The number of hydrogen-bond donors (Lipinski definition) is 2. The first-order chi connectivity index (χ1) is 6.86. The summed E-state index contributed by atoms with van der Waals surface area (Å²) in [5, 5.41) is 3.35. The van der Waals surface area contributed by atoms with Gasteiger partial charge in [0.1, 0.15) is 0 Å². The molecule has 0 bridgehead atoms. The van der Waals surface area contributed by atoms with Gasteiger partial charge >= 0.3 is 0 Å². The van der Waals surface area contributed by atoms with Crippen LogP contribution in [-0.4, -0.2) is 56.9 Å². The zero-order valence-electron chi connectivity index (χ0n) is 8.74. The van der Waals surface area contributed by atoms with Crippen molar-refractivity contribution in [2.24, 2.45) is 11.7 Å². The van der Waals surface area contributed by atoms with Gasteiger partial charge < -0.3 is 15.8 Å². The molecule has 0 radical (unpaired) electrons. The van der Waals surface area contributed by atoms with Gasteiger partial charge in [-0.3, -0.25) is 4.90 Å². The molecule has 2 unspecified atom stereocenters. The Bertz CT molecular complexity index is 165. The van der Waals surface area contributed by atoms with Crippen molar-refractivity contribution in [1.82, 2.24) is 10.2 Å². The molecule has 0 aromatic carbocycles. The number of hydrogen-bond acceptors (Lipinski definition) is 4. The molecule has 0 saturated carbocycles. The summed E-state index contributed by atoms with van der Waals surface area (Å²) >= 11 is 0. The second-order valence-electron chi connectivity index (χ2n) is 4.34. The van der Waals surface area contributed by atoms with Crippen LogP contribution in [0.4, 0.5) is 0 Å². The van der Waals surface area contributed by atoms with Crippen molar-refractivity contribution < 1.29 is 4.74 Å². The van der Waals surface area contributed by atoms with Crippen LogP contribution in [-0.2, 0) is 4.74 Å². The third-order valence-corrected chi connectivity index (χ3v) is 3.25. The molecule has 0 amide bonds. The van der Waals surface area contributed by atoms with Gasteiger partial charge in [-0.2, -0.15) is 0 Å². The first-order valence-electron chi connectivity index (χ1n) is 5.62. The molecule has 0 spiro atoms. The Morgan fingerprint density at radius 3 is 2.86 bits per heavy atom. The predicted octanol–water partition coefficient (Wildman–Crippen LogP) is -0.745. The molecule has 0 aromatic heterocycles. The van der Waals surface area contributed by atoms with Crippen LogP contribution in [0.3, 0.4) is 0 Å². The molecule has 2 heterocycles. The summed E-state index contributed by atoms with van der Waals surface area (Å²) in [5.41, 5.74) is 6.17. The Morgan fingerprint density at radius 2 is 2.21 bits per heavy atom. The summed E-state index contributed by atoms with van der Waals surface area (Å²) in [6, 6.07) is 0.301. The number of rotatable bonds is 3. The number of ether oxygens (including phenoxy) is 1. The molecule has 2 rings (SSSR count). The number of piperazine rings is 1. The lowest BCUT2D eigenvalue weighted by Gasteiger charge is -2.31. The van der Waals surface area contributed by atoms with E-state index in [1.54, 1.807) is 0 Å². The Labute approximate surface area is 85.8 Å². The van der Waals surface area contributed by atoms with Crippen LogP contribution >= 0.6 is 0 Å². The monoisotopic (exact) mass is 199 g/mol. The molecular weight excluding hydrogens is 178 g/mol. The van der Waals surface area contributed by atoms with E-state index < -0.39 is 0 Å². The van der Waals surface area contributed by atoms with Crippen LogP contribution in [0.5, 0.6) is 0 Å². The van der Waals surface area contributed by atoms with Crippen LogP contribution in [0, 0.1) is 5.92 Å². The van der Waals surface area contributed by atoms with Crippen molar-refractivity contribution in [1.29, 1.82) is 0 Å². The van der Waals surface area contributed by atoms with Crippen LogP contribution in [0.15, 0.2) is 0 Å². The SMILES string of the molecule is NC(CN1CCNCC1)C1CCOC1. The van der Waals surface area contributed by atoms with Gasteiger partial charge in [0.05, 0.1) is 6.61 Å². The van der Waals surface area contributed by atoms with E-state index in [4.69, 9.17) is 10.5 Å². The highest BCUT2D eigenvalue weighted by molar-refractivity contribution is 4.81. The summed E-state index contributed by atoms with van der Waals surface area (Å²) in [5.74, 6) is 0.588. The van der Waals surface area contributed by atoms with Crippen molar-refractivity contribution in [3.05, 3.63) is 0 Å². The number of nitrogens with one attached hydrogen (secondary N) is 1. The maximum absolute atomic E-state index is 6.17. The predicted molar refractivity (Wildman–Crippen MR) is 56.2 cm³/mol. The number of nitrogens with two attached hydrogens (primary N) is 1. The molecule has 0 aromatic rings. The van der Waals surface area contributed by atoms with E-state index in [0.29, 0.717) is 12.0 Å². The zero-order valence-corrected chi connectivity index (χ0v) is 8.74. The molecule has 2 saturated heterocycles. The van der Waals surface area contributed by atoms with E-state index in [1.807, 2.05) is 0 Å². The van der Waals surface area contributed by atoms with Gasteiger partial charge in [0.15, 0.2) is 0 Å². The molecule has 82 valence electrons. The molecule has 2 atom stereocenters.